The molecule has 2 aromatic carbocycles. The molecule has 0 aliphatic carbocycles. The average molecular weight is 416 g/mol. The summed E-state index contributed by atoms with van der Waals surface area (Å²) < 4.78 is 24.5. The molecule has 1 aliphatic heterocycles. The van der Waals surface area contributed by atoms with Gasteiger partial charge < -0.3 is 10.6 Å². The molecule has 156 valence electrons. The van der Waals surface area contributed by atoms with Gasteiger partial charge in [0.1, 0.15) is 6.61 Å². The van der Waals surface area contributed by atoms with Crippen LogP contribution >= 0.6 is 0 Å². The molecule has 0 unspecified atom stereocenters. The molecule has 0 atom stereocenters. The van der Waals surface area contributed by atoms with Crippen molar-refractivity contribution >= 4 is 15.7 Å². The van der Waals surface area contributed by atoms with Crippen molar-refractivity contribution in [3.8, 4) is 0 Å². The number of benzene rings is 2. The lowest BCUT2D eigenvalue weighted by Gasteiger charge is -2.27. The standard InChI is InChI=1S/C22H29N3O3S/c23-22(21-13-6-5-10-19(21)18-25-14-7-2-8-15-25)24-28-16-9-17-29(26,27)20-11-3-1-4-12-20/h1,3-6,10-13H,2,7-9,14-18H2,(H2,23,24). The number of amidine groups is 1. The van der Waals surface area contributed by atoms with Crippen LogP contribution in [0.1, 0.15) is 36.8 Å². The normalized spacial score (nSPS) is 15.9. The zero-order valence-electron chi connectivity index (χ0n) is 16.7. The molecule has 2 aromatic rings. The fourth-order valence-electron chi connectivity index (χ4n) is 3.49. The molecule has 7 heteroatoms. The van der Waals surface area contributed by atoms with E-state index in [1.165, 1.54) is 19.3 Å². The van der Waals surface area contributed by atoms with Crippen molar-refractivity contribution in [1.29, 1.82) is 0 Å². The minimum absolute atomic E-state index is 0.0119. The van der Waals surface area contributed by atoms with E-state index in [1.807, 2.05) is 18.2 Å². The molecule has 0 radical (unpaired) electrons. The number of hydrogen-bond acceptors (Lipinski definition) is 5. The van der Waals surface area contributed by atoms with Gasteiger partial charge in [-0.2, -0.15) is 0 Å². The maximum atomic E-state index is 12.3. The Morgan fingerprint density at radius 1 is 1.00 bits per heavy atom. The Hall–Kier alpha value is -2.38. The first-order chi connectivity index (χ1) is 14.1. The predicted octanol–water partition coefficient (Wildman–Crippen LogP) is 3.17. The van der Waals surface area contributed by atoms with Crippen LogP contribution in [0.3, 0.4) is 0 Å². The molecule has 3 rings (SSSR count). The van der Waals surface area contributed by atoms with E-state index >= 15 is 0 Å². The third-order valence-corrected chi connectivity index (χ3v) is 6.87. The molecule has 1 heterocycles. The highest BCUT2D eigenvalue weighted by Gasteiger charge is 2.15. The van der Waals surface area contributed by atoms with Gasteiger partial charge in [0.25, 0.3) is 0 Å². The fourth-order valence-corrected chi connectivity index (χ4v) is 4.80. The average Bonchev–Trinajstić information content (AvgIpc) is 2.75. The van der Waals surface area contributed by atoms with Crippen LogP contribution in [0.2, 0.25) is 0 Å². The van der Waals surface area contributed by atoms with Crippen LogP contribution in [0.15, 0.2) is 64.6 Å². The Labute approximate surface area is 173 Å². The topological polar surface area (TPSA) is 85.0 Å². The van der Waals surface area contributed by atoms with E-state index in [1.54, 1.807) is 30.3 Å². The number of hydrogen-bond donors (Lipinski definition) is 1. The molecule has 0 spiro atoms. The zero-order chi connectivity index (χ0) is 20.5. The SMILES string of the molecule is N/C(=N/OCCCS(=O)(=O)c1ccccc1)c1ccccc1CN1CCCCC1. The maximum Gasteiger partial charge on any atom is 0.178 e. The zero-order valence-corrected chi connectivity index (χ0v) is 17.5. The van der Waals surface area contributed by atoms with E-state index in [0.29, 0.717) is 17.2 Å². The highest BCUT2D eigenvalue weighted by Crippen LogP contribution is 2.16. The van der Waals surface area contributed by atoms with Crippen molar-refractivity contribution in [2.45, 2.75) is 37.1 Å². The lowest BCUT2D eigenvalue weighted by atomic mass is 10.0. The number of rotatable bonds is 9. The second-order valence-electron chi connectivity index (χ2n) is 7.29. The van der Waals surface area contributed by atoms with Crippen molar-refractivity contribution in [2.24, 2.45) is 10.9 Å². The van der Waals surface area contributed by atoms with Crippen LogP contribution in [0, 0.1) is 0 Å². The summed E-state index contributed by atoms with van der Waals surface area (Å²) in [6.07, 6.45) is 4.13. The first-order valence-electron chi connectivity index (χ1n) is 10.1. The van der Waals surface area contributed by atoms with Crippen LogP contribution in [-0.4, -0.2) is 44.6 Å². The van der Waals surface area contributed by atoms with Gasteiger partial charge in [0.15, 0.2) is 15.7 Å². The minimum Gasteiger partial charge on any atom is -0.394 e. The first-order valence-corrected chi connectivity index (χ1v) is 11.8. The number of sulfone groups is 1. The number of nitrogens with zero attached hydrogens (tertiary/aromatic N) is 2. The molecule has 0 amide bonds. The minimum atomic E-state index is -3.30. The number of oxime groups is 1. The van der Waals surface area contributed by atoms with Crippen LogP contribution in [0.4, 0.5) is 0 Å². The Morgan fingerprint density at radius 2 is 1.69 bits per heavy atom. The molecule has 0 saturated carbocycles. The van der Waals surface area contributed by atoms with Gasteiger partial charge in [-0.25, -0.2) is 8.42 Å². The van der Waals surface area contributed by atoms with E-state index in [9.17, 15) is 8.42 Å². The monoisotopic (exact) mass is 415 g/mol. The molecule has 1 saturated heterocycles. The molecule has 0 bridgehead atoms. The van der Waals surface area contributed by atoms with Crippen molar-refractivity contribution in [2.75, 3.05) is 25.4 Å². The third kappa shape index (κ3) is 6.30. The van der Waals surface area contributed by atoms with Gasteiger partial charge >= 0.3 is 0 Å². The summed E-state index contributed by atoms with van der Waals surface area (Å²) in [4.78, 5) is 8.07. The molecular formula is C22H29N3O3S. The van der Waals surface area contributed by atoms with Crippen molar-refractivity contribution in [3.63, 3.8) is 0 Å². The van der Waals surface area contributed by atoms with E-state index in [-0.39, 0.29) is 12.4 Å². The molecule has 6 nitrogen and oxygen atoms in total. The lowest BCUT2D eigenvalue weighted by Crippen LogP contribution is -2.30. The summed E-state index contributed by atoms with van der Waals surface area (Å²) in [5.74, 6) is 0.335. The number of nitrogens with two attached hydrogens (primary N) is 1. The summed E-state index contributed by atoms with van der Waals surface area (Å²) in [7, 11) is -3.30. The Bertz CT molecular complexity index is 908. The third-order valence-electron chi connectivity index (χ3n) is 5.05. The molecular weight excluding hydrogens is 386 g/mol. The second-order valence-corrected chi connectivity index (χ2v) is 9.40. The predicted molar refractivity (Wildman–Crippen MR) is 115 cm³/mol. The Balaban J connectivity index is 1.52. The first kappa shape index (κ1) is 21.3. The molecule has 0 aromatic heterocycles. The van der Waals surface area contributed by atoms with Crippen LogP contribution < -0.4 is 5.73 Å². The smallest absolute Gasteiger partial charge is 0.178 e. The number of piperidine rings is 1. The van der Waals surface area contributed by atoms with Crippen LogP contribution in [-0.2, 0) is 21.2 Å². The summed E-state index contributed by atoms with van der Waals surface area (Å²) in [5, 5.41) is 4.02. The molecule has 29 heavy (non-hydrogen) atoms. The van der Waals surface area contributed by atoms with E-state index in [2.05, 4.69) is 16.1 Å². The highest BCUT2D eigenvalue weighted by atomic mass is 32.2. The number of likely N-dealkylation sites (tertiary alicyclic amines) is 1. The molecule has 1 fully saturated rings. The van der Waals surface area contributed by atoms with Gasteiger partial charge in [0.2, 0.25) is 0 Å². The summed E-state index contributed by atoms with van der Waals surface area (Å²) >= 11 is 0. The maximum absolute atomic E-state index is 12.3. The largest absolute Gasteiger partial charge is 0.394 e. The van der Waals surface area contributed by atoms with Crippen LogP contribution in [0.25, 0.3) is 0 Å². The highest BCUT2D eigenvalue weighted by molar-refractivity contribution is 7.91. The summed E-state index contributed by atoms with van der Waals surface area (Å²) in [6, 6.07) is 16.4. The Kier molecular flexibility index (Phi) is 7.66. The van der Waals surface area contributed by atoms with Gasteiger partial charge in [0.05, 0.1) is 10.6 Å². The quantitative estimate of drug-likeness (QED) is 0.294. The van der Waals surface area contributed by atoms with Gasteiger partial charge in [-0.15, -0.1) is 0 Å². The van der Waals surface area contributed by atoms with Gasteiger partial charge in [-0.1, -0.05) is 54.0 Å². The summed E-state index contributed by atoms with van der Waals surface area (Å²) in [6.45, 7) is 3.26. The lowest BCUT2D eigenvalue weighted by molar-refractivity contribution is 0.145. The second kappa shape index (κ2) is 10.4. The fraction of sp³-hybridized carbons (Fsp3) is 0.409. The van der Waals surface area contributed by atoms with Gasteiger partial charge in [-0.05, 0) is 50.0 Å². The van der Waals surface area contributed by atoms with Gasteiger partial charge in [-0.3, -0.25) is 4.90 Å². The van der Waals surface area contributed by atoms with Gasteiger partial charge in [0, 0.05) is 12.1 Å². The van der Waals surface area contributed by atoms with Crippen molar-refractivity contribution in [1.82, 2.24) is 4.90 Å². The van der Waals surface area contributed by atoms with Crippen molar-refractivity contribution < 1.29 is 13.3 Å². The Morgan fingerprint density at radius 3 is 2.45 bits per heavy atom. The summed E-state index contributed by atoms with van der Waals surface area (Å²) in [5.41, 5.74) is 8.15. The molecule has 1 aliphatic rings. The van der Waals surface area contributed by atoms with Crippen molar-refractivity contribution in [3.05, 3.63) is 65.7 Å². The van der Waals surface area contributed by atoms with E-state index in [4.69, 9.17) is 10.6 Å². The van der Waals surface area contributed by atoms with Crippen LogP contribution in [0.5, 0.6) is 0 Å². The van der Waals surface area contributed by atoms with E-state index in [0.717, 1.165) is 30.8 Å². The van der Waals surface area contributed by atoms with E-state index < -0.39 is 9.84 Å². The molecule has 2 N–H and O–H groups in total.